The van der Waals surface area contributed by atoms with E-state index in [-0.39, 0.29) is 27.8 Å². The van der Waals surface area contributed by atoms with Crippen LogP contribution in [0.1, 0.15) is 35.4 Å². The molecule has 2 atom stereocenters. The molecule has 0 aromatic carbocycles. The van der Waals surface area contributed by atoms with Gasteiger partial charge in [-0.3, -0.25) is 4.79 Å². The first-order valence-corrected chi connectivity index (χ1v) is 7.46. The molecule has 1 aromatic rings. The van der Waals surface area contributed by atoms with Crippen molar-refractivity contribution in [1.82, 2.24) is 4.98 Å². The first-order valence-electron chi connectivity index (χ1n) is 6.10. The second kappa shape index (κ2) is 8.33. The van der Waals surface area contributed by atoms with Gasteiger partial charge in [-0.15, -0.1) is 0 Å². The number of aliphatic hydroxyl groups is 2. The van der Waals surface area contributed by atoms with Crippen molar-refractivity contribution in [2.24, 2.45) is 0 Å². The lowest BCUT2D eigenvalue weighted by Crippen LogP contribution is -2.20. The summed E-state index contributed by atoms with van der Waals surface area (Å²) in [5.74, 6) is -0.290. The maximum atomic E-state index is 11.5. The fraction of sp³-hybridized carbons (Fsp3) is 0.462. The molecule has 0 amide bonds. The van der Waals surface area contributed by atoms with Crippen molar-refractivity contribution in [2.75, 3.05) is 12.9 Å². The molecular formula is C13H16ClNO5S. The van der Waals surface area contributed by atoms with Crippen LogP contribution in [0.5, 0.6) is 0 Å². The Bertz CT molecular complexity index is 525. The van der Waals surface area contributed by atoms with Crippen LogP contribution >= 0.6 is 23.4 Å². The highest BCUT2D eigenvalue weighted by Gasteiger charge is 2.22. The van der Waals surface area contributed by atoms with Gasteiger partial charge in [-0.1, -0.05) is 23.4 Å². The van der Waals surface area contributed by atoms with Crippen LogP contribution in [0.2, 0.25) is 5.15 Å². The quantitative estimate of drug-likeness (QED) is 0.602. The smallest absolute Gasteiger partial charge is 0.341 e. The molecule has 0 aliphatic rings. The molecule has 0 radical (unpaired) electrons. The van der Waals surface area contributed by atoms with Crippen LogP contribution in [0.15, 0.2) is 12.3 Å². The minimum atomic E-state index is -1.23. The van der Waals surface area contributed by atoms with E-state index in [1.54, 1.807) is 0 Å². The van der Waals surface area contributed by atoms with Crippen LogP contribution in [0.3, 0.4) is 0 Å². The molecule has 0 bridgehead atoms. The van der Waals surface area contributed by atoms with E-state index in [0.29, 0.717) is 5.75 Å². The van der Waals surface area contributed by atoms with E-state index in [0.717, 1.165) is 11.8 Å². The summed E-state index contributed by atoms with van der Waals surface area (Å²) < 4.78 is 4.56. The maximum absolute atomic E-state index is 11.5. The summed E-state index contributed by atoms with van der Waals surface area (Å²) in [7, 11) is 1.20. The van der Waals surface area contributed by atoms with E-state index in [4.69, 9.17) is 11.6 Å². The van der Waals surface area contributed by atoms with Gasteiger partial charge in [-0.25, -0.2) is 9.78 Å². The molecular weight excluding hydrogens is 318 g/mol. The van der Waals surface area contributed by atoms with Crippen molar-refractivity contribution >= 4 is 34.4 Å². The van der Waals surface area contributed by atoms with E-state index in [2.05, 4.69) is 9.72 Å². The average molecular weight is 334 g/mol. The number of methoxy groups -OCH3 is 1. The highest BCUT2D eigenvalue weighted by atomic mass is 35.5. The number of carbonyl (C=O) groups excluding carboxylic acids is 2. The van der Waals surface area contributed by atoms with Crippen molar-refractivity contribution in [2.45, 2.75) is 25.6 Å². The Kier molecular flexibility index (Phi) is 7.10. The number of hydrogen-bond acceptors (Lipinski definition) is 7. The summed E-state index contributed by atoms with van der Waals surface area (Å²) in [4.78, 5) is 26.1. The first kappa shape index (κ1) is 17.9. The number of thioether (sulfide) groups is 1. The lowest BCUT2D eigenvalue weighted by atomic mass is 10.0. The highest BCUT2D eigenvalue weighted by Crippen LogP contribution is 2.24. The van der Waals surface area contributed by atoms with E-state index in [1.807, 2.05) is 0 Å². The summed E-state index contributed by atoms with van der Waals surface area (Å²) in [5, 5.41) is 19.8. The average Bonchev–Trinajstić information content (AvgIpc) is 2.45. The lowest BCUT2D eigenvalue weighted by Gasteiger charge is -2.18. The zero-order valence-electron chi connectivity index (χ0n) is 11.6. The molecule has 0 fully saturated rings. The molecule has 1 heterocycles. The molecule has 8 heteroatoms. The normalized spacial score (nSPS) is 13.6. The van der Waals surface area contributed by atoms with Gasteiger partial charge in [0.2, 0.25) is 0 Å². The molecule has 2 N–H and O–H groups in total. The second-order valence-electron chi connectivity index (χ2n) is 4.24. The third-order valence-electron chi connectivity index (χ3n) is 2.69. The molecule has 0 spiro atoms. The first-order chi connectivity index (χ1) is 9.86. The van der Waals surface area contributed by atoms with Crippen LogP contribution in [-0.2, 0) is 9.53 Å². The molecule has 0 saturated carbocycles. The SMILES string of the molecule is COC(=O)c1cc(C(O)C(O)CCSC(C)=O)cnc1Cl. The molecule has 6 nitrogen and oxygen atoms in total. The van der Waals surface area contributed by atoms with Gasteiger partial charge in [0.15, 0.2) is 5.12 Å². The second-order valence-corrected chi connectivity index (χ2v) is 5.87. The zero-order chi connectivity index (χ0) is 16.0. The summed E-state index contributed by atoms with van der Waals surface area (Å²) in [6.45, 7) is 1.43. The number of pyridine rings is 1. The third kappa shape index (κ3) is 5.28. The highest BCUT2D eigenvalue weighted by molar-refractivity contribution is 8.13. The lowest BCUT2D eigenvalue weighted by molar-refractivity contribution is -0.109. The van der Waals surface area contributed by atoms with Gasteiger partial charge in [-0.2, -0.15) is 0 Å². The molecule has 0 aliphatic carbocycles. The number of rotatable bonds is 6. The Morgan fingerprint density at radius 2 is 2.14 bits per heavy atom. The zero-order valence-corrected chi connectivity index (χ0v) is 13.1. The number of aromatic nitrogens is 1. The van der Waals surface area contributed by atoms with E-state index < -0.39 is 18.2 Å². The summed E-state index contributed by atoms with van der Waals surface area (Å²) in [5.41, 5.74) is 0.265. The number of nitrogens with zero attached hydrogens (tertiary/aromatic N) is 1. The van der Waals surface area contributed by atoms with E-state index in [9.17, 15) is 19.8 Å². The predicted octanol–water partition coefficient (Wildman–Crippen LogP) is 1.59. The van der Waals surface area contributed by atoms with E-state index >= 15 is 0 Å². The number of hydrogen-bond donors (Lipinski definition) is 2. The maximum Gasteiger partial charge on any atom is 0.341 e. The van der Waals surface area contributed by atoms with Gasteiger partial charge in [0.1, 0.15) is 11.3 Å². The number of halogens is 1. The largest absolute Gasteiger partial charge is 0.465 e. The van der Waals surface area contributed by atoms with Crippen molar-refractivity contribution < 1.29 is 24.5 Å². The summed E-state index contributed by atoms with van der Waals surface area (Å²) in [6, 6.07) is 1.33. The third-order valence-corrected chi connectivity index (χ3v) is 3.84. The monoisotopic (exact) mass is 333 g/mol. The number of carbonyl (C=O) groups is 2. The molecule has 1 rings (SSSR count). The topological polar surface area (TPSA) is 96.7 Å². The number of esters is 1. The summed E-state index contributed by atoms with van der Waals surface area (Å²) in [6.07, 6.45) is -0.807. The molecule has 1 aromatic heterocycles. The minimum absolute atomic E-state index is 0.0148. The Morgan fingerprint density at radius 1 is 1.48 bits per heavy atom. The summed E-state index contributed by atoms with van der Waals surface area (Å²) >= 11 is 6.84. The molecule has 116 valence electrons. The van der Waals surface area contributed by atoms with Crippen LogP contribution in [0.25, 0.3) is 0 Å². The van der Waals surface area contributed by atoms with E-state index in [1.165, 1.54) is 26.3 Å². The Balaban J connectivity index is 2.79. The standard InChI is InChI=1S/C13H16ClNO5S/c1-7(16)21-4-3-10(17)11(18)8-5-9(13(19)20-2)12(14)15-6-8/h5-6,10-11,17-18H,3-4H2,1-2H3. The Hall–Kier alpha value is -1.15. The molecule has 21 heavy (non-hydrogen) atoms. The molecule has 0 aliphatic heterocycles. The van der Waals surface area contributed by atoms with Crippen molar-refractivity contribution in [3.05, 3.63) is 28.5 Å². The minimum Gasteiger partial charge on any atom is -0.465 e. The van der Waals surface area contributed by atoms with Gasteiger partial charge < -0.3 is 14.9 Å². The van der Waals surface area contributed by atoms with Crippen LogP contribution in [-0.4, -0.2) is 45.2 Å². The van der Waals surface area contributed by atoms with Crippen molar-refractivity contribution in [1.29, 1.82) is 0 Å². The van der Waals surface area contributed by atoms with Gasteiger partial charge in [-0.05, 0) is 12.5 Å². The van der Waals surface area contributed by atoms with Crippen LogP contribution in [0, 0.1) is 0 Å². The van der Waals surface area contributed by atoms with Crippen molar-refractivity contribution in [3.63, 3.8) is 0 Å². The van der Waals surface area contributed by atoms with Gasteiger partial charge >= 0.3 is 5.97 Å². The van der Waals surface area contributed by atoms with Gasteiger partial charge in [0, 0.05) is 24.4 Å². The number of ether oxygens (including phenoxy) is 1. The van der Waals surface area contributed by atoms with Gasteiger partial charge in [0.05, 0.1) is 18.8 Å². The Morgan fingerprint density at radius 3 is 2.71 bits per heavy atom. The number of aliphatic hydroxyl groups excluding tert-OH is 2. The fourth-order valence-electron chi connectivity index (χ4n) is 1.58. The molecule has 2 unspecified atom stereocenters. The van der Waals surface area contributed by atoms with Crippen LogP contribution in [0.4, 0.5) is 0 Å². The fourth-order valence-corrected chi connectivity index (χ4v) is 2.41. The van der Waals surface area contributed by atoms with Crippen molar-refractivity contribution in [3.8, 4) is 0 Å². The predicted molar refractivity (Wildman–Crippen MR) is 79.3 cm³/mol. The van der Waals surface area contributed by atoms with Gasteiger partial charge in [0.25, 0.3) is 0 Å². The Labute approximate surface area is 131 Å². The van der Waals surface area contributed by atoms with Crippen LogP contribution < -0.4 is 0 Å². The molecule has 0 saturated heterocycles.